The maximum absolute atomic E-state index is 13.9. The average molecular weight is 262 g/mol. The minimum atomic E-state index is -3.24. The molecule has 1 N–H and O–H groups in total. The molecule has 0 spiro atoms. The monoisotopic (exact) mass is 262 g/mol. The molecule has 0 saturated heterocycles. The Kier molecular flexibility index (Phi) is 4.72. The Hall–Kier alpha value is -1.56. The van der Waals surface area contributed by atoms with Gasteiger partial charge in [-0.2, -0.15) is 0 Å². The Bertz CT molecular complexity index is 382. The number of methoxy groups -OCH3 is 3. The van der Waals surface area contributed by atoms with E-state index in [-0.39, 0.29) is 17.1 Å². The number of ether oxygens (including phenoxy) is 3. The number of aliphatic hydroxyl groups excluding tert-OH is 1. The lowest BCUT2D eigenvalue weighted by Gasteiger charge is -2.21. The van der Waals surface area contributed by atoms with Crippen LogP contribution in [0.1, 0.15) is 12.0 Å². The van der Waals surface area contributed by atoms with Gasteiger partial charge in [0.05, 0.1) is 21.3 Å². The van der Waals surface area contributed by atoms with Gasteiger partial charge < -0.3 is 19.3 Å². The van der Waals surface area contributed by atoms with E-state index in [1.54, 1.807) is 0 Å². The van der Waals surface area contributed by atoms with Gasteiger partial charge in [-0.3, -0.25) is 0 Å². The summed E-state index contributed by atoms with van der Waals surface area (Å²) in [4.78, 5) is 0. The lowest BCUT2D eigenvalue weighted by Crippen LogP contribution is -2.18. The first kappa shape index (κ1) is 14.5. The molecule has 18 heavy (non-hydrogen) atoms. The van der Waals surface area contributed by atoms with Crippen molar-refractivity contribution in [1.29, 1.82) is 0 Å². The second-order valence-corrected chi connectivity index (χ2v) is 3.58. The zero-order valence-corrected chi connectivity index (χ0v) is 10.5. The molecule has 1 rings (SSSR count). The molecular weight excluding hydrogens is 246 g/mol. The van der Waals surface area contributed by atoms with E-state index < -0.39 is 19.0 Å². The first-order valence-corrected chi connectivity index (χ1v) is 5.29. The van der Waals surface area contributed by atoms with Gasteiger partial charge in [0.15, 0.2) is 0 Å². The zero-order valence-electron chi connectivity index (χ0n) is 10.5. The average Bonchev–Trinajstić information content (AvgIpc) is 2.36. The van der Waals surface area contributed by atoms with E-state index in [1.807, 2.05) is 0 Å². The second kappa shape index (κ2) is 5.86. The largest absolute Gasteiger partial charge is 0.496 e. The van der Waals surface area contributed by atoms with Crippen LogP contribution in [0, 0.1) is 0 Å². The summed E-state index contributed by atoms with van der Waals surface area (Å²) in [5.41, 5.74) is -0.387. The van der Waals surface area contributed by atoms with Crippen molar-refractivity contribution >= 4 is 0 Å². The molecule has 0 amide bonds. The normalized spacial score (nSPS) is 11.2. The van der Waals surface area contributed by atoms with E-state index in [2.05, 4.69) is 0 Å². The molecule has 0 aliphatic rings. The fourth-order valence-corrected chi connectivity index (χ4v) is 1.63. The first-order valence-electron chi connectivity index (χ1n) is 5.29. The summed E-state index contributed by atoms with van der Waals surface area (Å²) in [6.45, 7) is -0.634. The highest BCUT2D eigenvalue weighted by Gasteiger charge is 2.38. The number of halogens is 2. The molecule has 0 unspecified atom stereocenters. The third kappa shape index (κ3) is 2.81. The minimum absolute atomic E-state index is 0.0374. The summed E-state index contributed by atoms with van der Waals surface area (Å²) in [6, 6.07) is 2.70. The maximum Gasteiger partial charge on any atom is 0.282 e. The number of benzene rings is 1. The topological polar surface area (TPSA) is 47.9 Å². The molecule has 0 aliphatic heterocycles. The van der Waals surface area contributed by atoms with Gasteiger partial charge in [-0.1, -0.05) is 0 Å². The molecule has 1 aromatic carbocycles. The molecule has 0 aliphatic carbocycles. The SMILES string of the molecule is COc1cc(OC)c(C(F)(F)CCO)c(OC)c1. The van der Waals surface area contributed by atoms with Crippen molar-refractivity contribution in [3.63, 3.8) is 0 Å². The van der Waals surface area contributed by atoms with E-state index >= 15 is 0 Å². The van der Waals surface area contributed by atoms with E-state index in [0.717, 1.165) is 0 Å². The third-order valence-corrected chi connectivity index (χ3v) is 2.51. The van der Waals surface area contributed by atoms with Crippen LogP contribution < -0.4 is 14.2 Å². The molecule has 0 aromatic heterocycles. The quantitative estimate of drug-likeness (QED) is 0.853. The lowest BCUT2D eigenvalue weighted by atomic mass is 10.0. The predicted molar refractivity (Wildman–Crippen MR) is 61.7 cm³/mol. The molecular formula is C12H16F2O4. The van der Waals surface area contributed by atoms with E-state index in [4.69, 9.17) is 19.3 Å². The molecule has 1 aromatic rings. The Morgan fingerprint density at radius 1 is 1.06 bits per heavy atom. The van der Waals surface area contributed by atoms with Crippen LogP contribution in [0.25, 0.3) is 0 Å². The van der Waals surface area contributed by atoms with Crippen LogP contribution in [0.15, 0.2) is 12.1 Å². The predicted octanol–water partition coefficient (Wildman–Crippen LogP) is 2.19. The highest BCUT2D eigenvalue weighted by Crippen LogP contribution is 2.45. The van der Waals surface area contributed by atoms with Crippen LogP contribution in [0.2, 0.25) is 0 Å². The van der Waals surface area contributed by atoms with Crippen LogP contribution in [0.4, 0.5) is 8.78 Å². The fraction of sp³-hybridized carbons (Fsp3) is 0.500. The standard InChI is InChI=1S/C12H16F2O4/c1-16-8-6-9(17-2)11(10(7-8)18-3)12(13,14)4-5-15/h6-7,15H,4-5H2,1-3H3. The Balaban J connectivity index is 3.39. The van der Waals surface area contributed by atoms with Gasteiger partial charge in [0.1, 0.15) is 22.8 Å². The van der Waals surface area contributed by atoms with Gasteiger partial charge >= 0.3 is 0 Å². The summed E-state index contributed by atoms with van der Waals surface area (Å²) in [7, 11) is 3.99. The summed E-state index contributed by atoms with van der Waals surface area (Å²) in [6.07, 6.45) is -0.702. The fourth-order valence-electron chi connectivity index (χ4n) is 1.63. The summed E-state index contributed by atoms with van der Waals surface area (Å²) < 4.78 is 42.7. The van der Waals surface area contributed by atoms with Gasteiger partial charge in [-0.05, 0) is 0 Å². The highest BCUT2D eigenvalue weighted by molar-refractivity contribution is 5.52. The second-order valence-electron chi connectivity index (χ2n) is 3.58. The molecule has 0 atom stereocenters. The number of hydrogen-bond acceptors (Lipinski definition) is 4. The maximum atomic E-state index is 13.9. The van der Waals surface area contributed by atoms with Crippen LogP contribution >= 0.6 is 0 Å². The zero-order chi connectivity index (χ0) is 13.8. The van der Waals surface area contributed by atoms with Gasteiger partial charge in [0.25, 0.3) is 5.92 Å². The molecule has 0 saturated carbocycles. The van der Waals surface area contributed by atoms with Crippen LogP contribution in [0.5, 0.6) is 17.2 Å². The number of alkyl halides is 2. The van der Waals surface area contributed by atoms with Gasteiger partial charge in [-0.15, -0.1) is 0 Å². The third-order valence-electron chi connectivity index (χ3n) is 2.51. The smallest absolute Gasteiger partial charge is 0.282 e. The molecule has 0 bridgehead atoms. The van der Waals surface area contributed by atoms with Gasteiger partial charge in [-0.25, -0.2) is 8.78 Å². The summed E-state index contributed by atoms with van der Waals surface area (Å²) >= 11 is 0. The van der Waals surface area contributed by atoms with Crippen LogP contribution in [-0.4, -0.2) is 33.0 Å². The van der Waals surface area contributed by atoms with Crippen LogP contribution in [-0.2, 0) is 5.92 Å². The van der Waals surface area contributed by atoms with Crippen molar-refractivity contribution in [2.24, 2.45) is 0 Å². The van der Waals surface area contributed by atoms with Crippen molar-refractivity contribution in [2.45, 2.75) is 12.3 Å². The molecule has 0 radical (unpaired) electrons. The minimum Gasteiger partial charge on any atom is -0.496 e. The molecule has 0 heterocycles. The first-order chi connectivity index (χ1) is 8.50. The van der Waals surface area contributed by atoms with Crippen molar-refractivity contribution < 1.29 is 28.1 Å². The highest BCUT2D eigenvalue weighted by atomic mass is 19.3. The molecule has 6 heteroatoms. The number of hydrogen-bond donors (Lipinski definition) is 1. The molecule has 102 valence electrons. The number of rotatable bonds is 6. The lowest BCUT2D eigenvalue weighted by molar-refractivity contribution is -0.0306. The number of aliphatic hydroxyl groups is 1. The Morgan fingerprint density at radius 2 is 1.56 bits per heavy atom. The Morgan fingerprint density at radius 3 is 1.89 bits per heavy atom. The summed E-state index contributed by atoms with van der Waals surface area (Å²) in [5.74, 6) is -2.96. The van der Waals surface area contributed by atoms with Crippen molar-refractivity contribution in [1.82, 2.24) is 0 Å². The van der Waals surface area contributed by atoms with Crippen molar-refractivity contribution in [3.05, 3.63) is 17.7 Å². The van der Waals surface area contributed by atoms with Gasteiger partial charge in [0, 0.05) is 25.2 Å². The summed E-state index contributed by atoms with van der Waals surface area (Å²) in [5, 5.41) is 8.70. The molecule has 0 fully saturated rings. The van der Waals surface area contributed by atoms with Crippen molar-refractivity contribution in [2.75, 3.05) is 27.9 Å². The van der Waals surface area contributed by atoms with E-state index in [9.17, 15) is 8.78 Å². The Labute approximate surface area is 104 Å². The molecule has 4 nitrogen and oxygen atoms in total. The van der Waals surface area contributed by atoms with E-state index in [0.29, 0.717) is 5.75 Å². The van der Waals surface area contributed by atoms with Crippen LogP contribution in [0.3, 0.4) is 0 Å². The van der Waals surface area contributed by atoms with Gasteiger partial charge in [0.2, 0.25) is 0 Å². The van der Waals surface area contributed by atoms with Crippen molar-refractivity contribution in [3.8, 4) is 17.2 Å². The van der Waals surface area contributed by atoms with E-state index in [1.165, 1.54) is 33.5 Å².